The quantitative estimate of drug-likeness (QED) is 0.554. The van der Waals surface area contributed by atoms with Gasteiger partial charge in [0.25, 0.3) is 5.69 Å². The summed E-state index contributed by atoms with van der Waals surface area (Å²) in [5.74, 6) is -0.434. The SMILES string of the molecule is O=C(O)Nc1cc(COC2CCCCO2)c(-c2ccc(F)cc2)cc1[N+](=O)[O-]. The van der Waals surface area contributed by atoms with Crippen molar-refractivity contribution in [1.82, 2.24) is 0 Å². The number of carbonyl (C=O) groups is 1. The highest BCUT2D eigenvalue weighted by atomic mass is 19.1. The van der Waals surface area contributed by atoms with Gasteiger partial charge in [-0.3, -0.25) is 15.4 Å². The molecule has 1 aliphatic rings. The molecule has 1 fully saturated rings. The number of anilines is 1. The summed E-state index contributed by atoms with van der Waals surface area (Å²) in [5, 5.41) is 22.5. The lowest BCUT2D eigenvalue weighted by molar-refractivity contribution is -0.383. The second-order valence-corrected chi connectivity index (χ2v) is 6.33. The second-order valence-electron chi connectivity index (χ2n) is 6.33. The molecule has 1 saturated heterocycles. The zero-order valence-electron chi connectivity index (χ0n) is 14.9. The van der Waals surface area contributed by atoms with Gasteiger partial charge in [0, 0.05) is 12.7 Å². The van der Waals surface area contributed by atoms with Gasteiger partial charge in [0.15, 0.2) is 6.29 Å². The van der Waals surface area contributed by atoms with E-state index in [9.17, 15) is 19.3 Å². The Kier molecular flexibility index (Phi) is 6.17. The third-order valence-electron chi connectivity index (χ3n) is 4.38. The maximum absolute atomic E-state index is 13.3. The molecule has 0 aliphatic carbocycles. The molecule has 2 aromatic rings. The lowest BCUT2D eigenvalue weighted by atomic mass is 9.98. The maximum Gasteiger partial charge on any atom is 0.409 e. The molecule has 0 aromatic heterocycles. The van der Waals surface area contributed by atoms with E-state index in [0.29, 0.717) is 23.3 Å². The van der Waals surface area contributed by atoms with Gasteiger partial charge in [0.05, 0.1) is 11.5 Å². The Bertz CT molecular complexity index is 865. The van der Waals surface area contributed by atoms with Crippen molar-refractivity contribution >= 4 is 17.5 Å². The number of nitrogens with zero attached hydrogens (tertiary/aromatic N) is 1. The minimum atomic E-state index is -1.42. The number of benzene rings is 2. The monoisotopic (exact) mass is 390 g/mol. The van der Waals surface area contributed by atoms with Gasteiger partial charge in [0.2, 0.25) is 0 Å². The molecule has 2 N–H and O–H groups in total. The van der Waals surface area contributed by atoms with Crippen LogP contribution in [0.15, 0.2) is 36.4 Å². The summed E-state index contributed by atoms with van der Waals surface area (Å²) in [6.07, 6.45) is 0.868. The van der Waals surface area contributed by atoms with Crippen LogP contribution >= 0.6 is 0 Å². The Morgan fingerprint density at radius 3 is 2.68 bits per heavy atom. The molecule has 0 bridgehead atoms. The molecule has 0 radical (unpaired) electrons. The first-order chi connectivity index (χ1) is 13.4. The third-order valence-corrected chi connectivity index (χ3v) is 4.38. The number of nitro groups is 1. The van der Waals surface area contributed by atoms with Crippen molar-refractivity contribution in [2.24, 2.45) is 0 Å². The maximum atomic E-state index is 13.3. The van der Waals surface area contributed by atoms with E-state index in [1.807, 2.05) is 5.32 Å². The van der Waals surface area contributed by atoms with Crippen LogP contribution in [0, 0.1) is 15.9 Å². The van der Waals surface area contributed by atoms with Crippen LogP contribution in [0.25, 0.3) is 11.1 Å². The van der Waals surface area contributed by atoms with E-state index in [2.05, 4.69) is 0 Å². The highest BCUT2D eigenvalue weighted by Crippen LogP contribution is 2.35. The molecule has 1 heterocycles. The van der Waals surface area contributed by atoms with Gasteiger partial charge < -0.3 is 14.6 Å². The molecule has 148 valence electrons. The third kappa shape index (κ3) is 4.81. The van der Waals surface area contributed by atoms with E-state index >= 15 is 0 Å². The lowest BCUT2D eigenvalue weighted by Crippen LogP contribution is -2.22. The standard InChI is InChI=1S/C19H19FN2O6/c20-14-6-4-12(5-7-14)15-10-17(22(25)26)16(21-19(23)24)9-13(15)11-28-18-3-1-2-8-27-18/h4-7,9-10,18,21H,1-3,8,11H2,(H,23,24). The van der Waals surface area contributed by atoms with Crippen molar-refractivity contribution in [3.05, 3.63) is 57.9 Å². The van der Waals surface area contributed by atoms with Crippen molar-refractivity contribution in [3.63, 3.8) is 0 Å². The van der Waals surface area contributed by atoms with Gasteiger partial charge >= 0.3 is 6.09 Å². The molecule has 0 spiro atoms. The summed E-state index contributed by atoms with van der Waals surface area (Å²) in [6, 6.07) is 8.13. The zero-order chi connectivity index (χ0) is 20.1. The number of hydrogen-bond donors (Lipinski definition) is 2. The Morgan fingerprint density at radius 2 is 2.07 bits per heavy atom. The smallest absolute Gasteiger partial charge is 0.409 e. The highest BCUT2D eigenvalue weighted by molar-refractivity contribution is 5.88. The van der Waals surface area contributed by atoms with Gasteiger partial charge in [-0.15, -0.1) is 0 Å². The van der Waals surface area contributed by atoms with Crippen molar-refractivity contribution in [2.75, 3.05) is 11.9 Å². The summed E-state index contributed by atoms with van der Waals surface area (Å²) in [5.41, 5.74) is 0.967. The molecule has 28 heavy (non-hydrogen) atoms. The molecule has 1 aliphatic heterocycles. The van der Waals surface area contributed by atoms with E-state index in [1.54, 1.807) is 0 Å². The van der Waals surface area contributed by atoms with Crippen LogP contribution in [0.2, 0.25) is 0 Å². The van der Waals surface area contributed by atoms with Crippen molar-refractivity contribution < 1.29 is 28.7 Å². The van der Waals surface area contributed by atoms with Gasteiger partial charge in [-0.2, -0.15) is 0 Å². The summed E-state index contributed by atoms with van der Waals surface area (Å²) < 4.78 is 24.6. The van der Waals surface area contributed by atoms with Crippen molar-refractivity contribution in [2.45, 2.75) is 32.2 Å². The second kappa shape index (κ2) is 8.77. The van der Waals surface area contributed by atoms with Gasteiger partial charge in [-0.25, -0.2) is 9.18 Å². The van der Waals surface area contributed by atoms with E-state index < -0.39 is 22.5 Å². The number of nitro benzene ring substituents is 1. The summed E-state index contributed by atoms with van der Waals surface area (Å²) in [7, 11) is 0. The highest BCUT2D eigenvalue weighted by Gasteiger charge is 2.22. The van der Waals surface area contributed by atoms with Crippen LogP contribution in [-0.4, -0.2) is 29.0 Å². The predicted molar refractivity (Wildman–Crippen MR) is 98.5 cm³/mol. The number of halogens is 1. The Balaban J connectivity index is 2.00. The van der Waals surface area contributed by atoms with E-state index in [-0.39, 0.29) is 18.6 Å². The van der Waals surface area contributed by atoms with E-state index in [0.717, 1.165) is 19.3 Å². The Morgan fingerprint density at radius 1 is 1.32 bits per heavy atom. The molecule has 1 unspecified atom stereocenters. The van der Waals surface area contributed by atoms with E-state index in [4.69, 9.17) is 14.6 Å². The summed E-state index contributed by atoms with van der Waals surface area (Å²) in [6.45, 7) is 0.658. The van der Waals surface area contributed by atoms with Gasteiger partial charge in [0.1, 0.15) is 11.5 Å². The average molecular weight is 390 g/mol. The Labute approximate surface area is 160 Å². The van der Waals surface area contributed by atoms with Crippen LogP contribution in [0.5, 0.6) is 0 Å². The molecular weight excluding hydrogens is 371 g/mol. The van der Waals surface area contributed by atoms with Gasteiger partial charge in [-0.1, -0.05) is 12.1 Å². The predicted octanol–water partition coefficient (Wildman–Crippen LogP) is 4.53. The number of nitrogens with one attached hydrogen (secondary N) is 1. The van der Waals surface area contributed by atoms with Gasteiger partial charge in [-0.05, 0) is 54.2 Å². The zero-order valence-corrected chi connectivity index (χ0v) is 14.9. The lowest BCUT2D eigenvalue weighted by Gasteiger charge is -2.23. The van der Waals surface area contributed by atoms with Crippen LogP contribution < -0.4 is 5.32 Å². The molecule has 1 atom stereocenters. The van der Waals surface area contributed by atoms with E-state index in [1.165, 1.54) is 36.4 Å². The number of hydrogen-bond acceptors (Lipinski definition) is 5. The number of ether oxygens (including phenoxy) is 2. The topological polar surface area (TPSA) is 111 Å². The van der Waals surface area contributed by atoms with Crippen LogP contribution in [0.1, 0.15) is 24.8 Å². The Hall–Kier alpha value is -3.04. The summed E-state index contributed by atoms with van der Waals surface area (Å²) >= 11 is 0. The minimum absolute atomic E-state index is 0.0592. The first-order valence-corrected chi connectivity index (χ1v) is 8.74. The molecule has 1 amide bonds. The number of rotatable bonds is 6. The molecule has 3 rings (SSSR count). The van der Waals surface area contributed by atoms with Crippen LogP contribution in [0.3, 0.4) is 0 Å². The minimum Gasteiger partial charge on any atom is -0.465 e. The largest absolute Gasteiger partial charge is 0.465 e. The molecule has 9 heteroatoms. The normalized spacial score (nSPS) is 16.5. The van der Waals surface area contributed by atoms with Crippen molar-refractivity contribution in [1.29, 1.82) is 0 Å². The molecule has 0 saturated carbocycles. The average Bonchev–Trinajstić information content (AvgIpc) is 2.67. The summed E-state index contributed by atoms with van der Waals surface area (Å²) in [4.78, 5) is 21.8. The molecule has 2 aromatic carbocycles. The van der Waals surface area contributed by atoms with Crippen LogP contribution in [0.4, 0.5) is 20.6 Å². The first-order valence-electron chi connectivity index (χ1n) is 8.74. The first kappa shape index (κ1) is 19.7. The fourth-order valence-corrected chi connectivity index (χ4v) is 3.04. The molecular formula is C19H19FN2O6. The fraction of sp³-hybridized carbons (Fsp3) is 0.316. The number of carboxylic acid groups (broad SMARTS) is 1. The number of amides is 1. The molecule has 8 nitrogen and oxygen atoms in total. The van der Waals surface area contributed by atoms with Crippen LogP contribution in [-0.2, 0) is 16.1 Å². The fourth-order valence-electron chi connectivity index (χ4n) is 3.04. The van der Waals surface area contributed by atoms with Crippen molar-refractivity contribution in [3.8, 4) is 11.1 Å².